The van der Waals surface area contributed by atoms with E-state index in [1.54, 1.807) is 18.3 Å². The number of hydrogen-bond donors (Lipinski definition) is 1. The summed E-state index contributed by atoms with van der Waals surface area (Å²) in [6.45, 7) is 2.85. The van der Waals surface area contributed by atoms with Gasteiger partial charge in [-0.3, -0.25) is 4.79 Å². The van der Waals surface area contributed by atoms with Gasteiger partial charge >= 0.3 is 0 Å². The summed E-state index contributed by atoms with van der Waals surface area (Å²) in [7, 11) is 0. The smallest absolute Gasteiger partial charge is 0.252 e. The minimum atomic E-state index is -0.265. The minimum absolute atomic E-state index is 0.00986. The highest BCUT2D eigenvalue weighted by molar-refractivity contribution is 5.94. The van der Waals surface area contributed by atoms with E-state index in [-0.39, 0.29) is 18.1 Å². The van der Waals surface area contributed by atoms with Crippen molar-refractivity contribution in [1.29, 1.82) is 5.26 Å². The minimum Gasteiger partial charge on any atom is -0.371 e. The van der Waals surface area contributed by atoms with Gasteiger partial charge in [0.2, 0.25) is 0 Å². The van der Waals surface area contributed by atoms with Gasteiger partial charge in [0.05, 0.1) is 18.4 Å². The second-order valence-corrected chi connectivity index (χ2v) is 8.26. The molecule has 0 saturated carbocycles. The van der Waals surface area contributed by atoms with Crippen LogP contribution in [0, 0.1) is 11.3 Å². The maximum Gasteiger partial charge on any atom is 0.252 e. The lowest BCUT2D eigenvalue weighted by atomic mass is 9.86. The molecule has 0 atom stereocenters. The molecule has 3 heterocycles. The number of ether oxygens (including phenoxy) is 1. The SMILES string of the molecule is N#CCNC(=O)c1ccc(-c2ccnc(Cc3ccc(N4CC5(CCO5)C4)cc3)n2)cc1. The molecule has 7 heteroatoms. The summed E-state index contributed by atoms with van der Waals surface area (Å²) < 4.78 is 5.70. The number of nitrogens with zero attached hydrogens (tertiary/aromatic N) is 4. The fourth-order valence-corrected chi connectivity index (χ4v) is 4.14. The van der Waals surface area contributed by atoms with E-state index in [0.717, 1.165) is 42.3 Å². The molecule has 2 aliphatic rings. The standard InChI is InChI=1S/C25H23N5O2/c26-11-13-28-24(31)20-5-3-19(4-6-20)22-9-12-27-23(29-22)15-18-1-7-21(8-2-18)30-16-25(17-30)10-14-32-25/h1-9,12H,10,13-17H2,(H,28,31). The van der Waals surface area contributed by atoms with E-state index in [2.05, 4.69) is 39.5 Å². The van der Waals surface area contributed by atoms with Crippen molar-refractivity contribution in [3.8, 4) is 17.3 Å². The van der Waals surface area contributed by atoms with Crippen LogP contribution in [0.25, 0.3) is 11.3 Å². The van der Waals surface area contributed by atoms with Crippen LogP contribution in [0.1, 0.15) is 28.2 Å². The number of nitriles is 1. The Morgan fingerprint density at radius 2 is 1.88 bits per heavy atom. The third-order valence-electron chi connectivity index (χ3n) is 6.06. The predicted molar refractivity (Wildman–Crippen MR) is 120 cm³/mol. The number of rotatable bonds is 6. The van der Waals surface area contributed by atoms with Gasteiger partial charge in [-0.1, -0.05) is 24.3 Å². The van der Waals surface area contributed by atoms with Crippen LogP contribution >= 0.6 is 0 Å². The number of carbonyl (C=O) groups is 1. The molecule has 1 spiro atoms. The third-order valence-corrected chi connectivity index (χ3v) is 6.06. The zero-order valence-electron chi connectivity index (χ0n) is 17.6. The molecule has 5 rings (SSSR count). The van der Waals surface area contributed by atoms with Crippen LogP contribution in [0.4, 0.5) is 5.69 Å². The molecular formula is C25H23N5O2. The molecule has 160 valence electrons. The van der Waals surface area contributed by atoms with Crippen molar-refractivity contribution in [2.75, 3.05) is 31.1 Å². The average Bonchev–Trinajstić information content (AvgIpc) is 2.77. The summed E-state index contributed by atoms with van der Waals surface area (Å²) in [5, 5.41) is 11.1. The van der Waals surface area contributed by atoms with Gasteiger partial charge in [0, 0.05) is 48.9 Å². The molecule has 2 aromatic carbocycles. The lowest BCUT2D eigenvalue weighted by Crippen LogP contribution is -2.68. The summed E-state index contributed by atoms with van der Waals surface area (Å²) in [6.07, 6.45) is 3.58. The molecular weight excluding hydrogens is 402 g/mol. The number of hydrogen-bond acceptors (Lipinski definition) is 6. The van der Waals surface area contributed by atoms with Crippen molar-refractivity contribution >= 4 is 11.6 Å². The van der Waals surface area contributed by atoms with Crippen molar-refractivity contribution in [3.05, 3.63) is 77.7 Å². The Hall–Kier alpha value is -3.76. The largest absolute Gasteiger partial charge is 0.371 e. The molecule has 0 radical (unpaired) electrons. The van der Waals surface area contributed by atoms with E-state index in [9.17, 15) is 4.79 Å². The van der Waals surface area contributed by atoms with Crippen LogP contribution in [0.5, 0.6) is 0 Å². The first-order chi connectivity index (χ1) is 15.6. The van der Waals surface area contributed by atoms with Crippen molar-refractivity contribution in [2.45, 2.75) is 18.4 Å². The van der Waals surface area contributed by atoms with E-state index in [0.29, 0.717) is 12.0 Å². The van der Waals surface area contributed by atoms with Gasteiger partial charge in [0.25, 0.3) is 5.91 Å². The van der Waals surface area contributed by atoms with E-state index < -0.39 is 0 Å². The first kappa shape index (κ1) is 20.2. The number of aromatic nitrogens is 2. The van der Waals surface area contributed by atoms with Crippen LogP contribution in [0.3, 0.4) is 0 Å². The first-order valence-electron chi connectivity index (χ1n) is 10.7. The zero-order valence-corrected chi connectivity index (χ0v) is 17.6. The summed E-state index contributed by atoms with van der Waals surface area (Å²) in [4.78, 5) is 23.4. The molecule has 1 amide bonds. The Morgan fingerprint density at radius 3 is 2.53 bits per heavy atom. The van der Waals surface area contributed by atoms with Gasteiger partial charge in [-0.2, -0.15) is 5.26 Å². The zero-order chi connectivity index (χ0) is 22.0. The molecule has 0 unspecified atom stereocenters. The maximum atomic E-state index is 12.0. The van der Waals surface area contributed by atoms with Gasteiger partial charge in [-0.05, 0) is 35.9 Å². The number of carbonyl (C=O) groups excluding carboxylic acids is 1. The molecule has 0 bridgehead atoms. The van der Waals surface area contributed by atoms with Gasteiger partial charge in [-0.15, -0.1) is 0 Å². The Bertz CT molecular complexity index is 1160. The highest BCUT2D eigenvalue weighted by atomic mass is 16.5. The third kappa shape index (κ3) is 4.05. The molecule has 1 N–H and O–H groups in total. The van der Waals surface area contributed by atoms with Crippen molar-refractivity contribution in [3.63, 3.8) is 0 Å². The highest BCUT2D eigenvalue weighted by Crippen LogP contribution is 2.38. The molecule has 1 aromatic heterocycles. The molecule has 2 saturated heterocycles. The fraction of sp³-hybridized carbons (Fsp3) is 0.280. The summed E-state index contributed by atoms with van der Waals surface area (Å²) in [6, 6.07) is 19.5. The van der Waals surface area contributed by atoms with Crippen LogP contribution in [-0.2, 0) is 11.2 Å². The second-order valence-electron chi connectivity index (χ2n) is 8.26. The van der Waals surface area contributed by atoms with E-state index in [1.807, 2.05) is 24.3 Å². The Morgan fingerprint density at radius 1 is 1.12 bits per heavy atom. The monoisotopic (exact) mass is 425 g/mol. The molecule has 32 heavy (non-hydrogen) atoms. The maximum absolute atomic E-state index is 12.0. The van der Waals surface area contributed by atoms with Crippen LogP contribution < -0.4 is 10.2 Å². The normalized spacial score (nSPS) is 16.0. The van der Waals surface area contributed by atoms with E-state index in [4.69, 9.17) is 15.0 Å². The van der Waals surface area contributed by atoms with Gasteiger partial charge < -0.3 is 15.0 Å². The van der Waals surface area contributed by atoms with Crippen LogP contribution in [-0.4, -0.2) is 47.7 Å². The molecule has 2 fully saturated rings. The van der Waals surface area contributed by atoms with Crippen LogP contribution in [0.15, 0.2) is 60.8 Å². The molecule has 2 aliphatic heterocycles. The average molecular weight is 425 g/mol. The van der Waals surface area contributed by atoms with Crippen molar-refractivity contribution in [1.82, 2.24) is 15.3 Å². The molecule has 0 aliphatic carbocycles. The molecule has 3 aromatic rings. The lowest BCUT2D eigenvalue weighted by molar-refractivity contribution is -0.160. The summed E-state index contributed by atoms with van der Waals surface area (Å²) in [5.74, 6) is 0.482. The number of benzene rings is 2. The van der Waals surface area contributed by atoms with Crippen LogP contribution in [0.2, 0.25) is 0 Å². The lowest BCUT2D eigenvalue weighted by Gasteiger charge is -2.56. The van der Waals surface area contributed by atoms with Crippen molar-refractivity contribution in [2.24, 2.45) is 0 Å². The second kappa shape index (κ2) is 8.40. The van der Waals surface area contributed by atoms with Crippen molar-refractivity contribution < 1.29 is 9.53 Å². The number of anilines is 1. The Labute approximate surface area is 186 Å². The Balaban J connectivity index is 1.23. The Kier molecular flexibility index (Phi) is 5.29. The van der Waals surface area contributed by atoms with E-state index in [1.165, 1.54) is 12.1 Å². The quantitative estimate of drug-likeness (QED) is 0.611. The predicted octanol–water partition coefficient (Wildman–Crippen LogP) is 2.97. The van der Waals surface area contributed by atoms with Gasteiger partial charge in [-0.25, -0.2) is 9.97 Å². The number of nitrogens with one attached hydrogen (secondary N) is 1. The van der Waals surface area contributed by atoms with Gasteiger partial charge in [0.15, 0.2) is 0 Å². The number of amides is 1. The summed E-state index contributed by atoms with van der Waals surface area (Å²) in [5.41, 5.74) is 4.74. The highest BCUT2D eigenvalue weighted by Gasteiger charge is 2.49. The molecule has 7 nitrogen and oxygen atoms in total. The van der Waals surface area contributed by atoms with E-state index >= 15 is 0 Å². The first-order valence-corrected chi connectivity index (χ1v) is 10.7. The fourth-order valence-electron chi connectivity index (χ4n) is 4.14. The summed E-state index contributed by atoms with van der Waals surface area (Å²) >= 11 is 0. The topological polar surface area (TPSA) is 91.1 Å². The van der Waals surface area contributed by atoms with Gasteiger partial charge in [0.1, 0.15) is 18.0 Å².